The molecule has 1 N–H and O–H groups in total. The smallest absolute Gasteiger partial charge is 0.338 e. The third-order valence-corrected chi connectivity index (χ3v) is 3.15. The zero-order valence-corrected chi connectivity index (χ0v) is 9.54. The Morgan fingerprint density at radius 3 is 2.88 bits per heavy atom. The molecule has 0 bridgehead atoms. The molecule has 1 aromatic carbocycles. The first kappa shape index (κ1) is 11.7. The lowest BCUT2D eigenvalue weighted by molar-refractivity contribution is 0.0691. The van der Waals surface area contributed by atoms with E-state index in [1.807, 2.05) is 6.07 Å². The first-order chi connectivity index (χ1) is 8.16. The van der Waals surface area contributed by atoms with Gasteiger partial charge in [-0.1, -0.05) is 0 Å². The third kappa shape index (κ3) is 2.88. The maximum atomic E-state index is 13.1. The van der Waals surface area contributed by atoms with Crippen molar-refractivity contribution in [3.8, 4) is 0 Å². The maximum Gasteiger partial charge on any atom is 0.338 e. The van der Waals surface area contributed by atoms with Gasteiger partial charge in [0.05, 0.1) is 17.6 Å². The molecular formula is C12H9FO3S. The lowest BCUT2D eigenvalue weighted by Crippen LogP contribution is -2.00. The van der Waals surface area contributed by atoms with Gasteiger partial charge in [0.15, 0.2) is 0 Å². The maximum absolute atomic E-state index is 13.1. The number of hydrogen-bond donors (Lipinski definition) is 1. The Kier molecular flexibility index (Phi) is 3.49. The van der Waals surface area contributed by atoms with E-state index >= 15 is 0 Å². The van der Waals surface area contributed by atoms with Crippen LogP contribution in [0.3, 0.4) is 0 Å². The van der Waals surface area contributed by atoms with Gasteiger partial charge in [0, 0.05) is 4.90 Å². The minimum Gasteiger partial charge on any atom is -0.478 e. The molecule has 2 rings (SSSR count). The number of thioether (sulfide) groups is 1. The number of carboxylic acid groups (broad SMARTS) is 1. The Labute approximate surface area is 101 Å². The summed E-state index contributed by atoms with van der Waals surface area (Å²) in [5.74, 6) is -0.614. The van der Waals surface area contributed by atoms with Gasteiger partial charge in [0.2, 0.25) is 0 Å². The Morgan fingerprint density at radius 2 is 2.24 bits per heavy atom. The molecule has 1 aromatic heterocycles. The van der Waals surface area contributed by atoms with E-state index in [1.54, 1.807) is 18.4 Å². The summed E-state index contributed by atoms with van der Waals surface area (Å²) in [7, 11) is 0. The van der Waals surface area contributed by atoms with Crippen molar-refractivity contribution in [1.82, 2.24) is 0 Å². The van der Waals surface area contributed by atoms with Crippen LogP contribution in [0.25, 0.3) is 0 Å². The predicted octanol–water partition coefficient (Wildman–Crippen LogP) is 3.41. The normalized spacial score (nSPS) is 10.4. The van der Waals surface area contributed by atoms with Gasteiger partial charge in [-0.2, -0.15) is 0 Å². The highest BCUT2D eigenvalue weighted by molar-refractivity contribution is 7.98. The lowest BCUT2D eigenvalue weighted by Gasteiger charge is -2.02. The van der Waals surface area contributed by atoms with Crippen molar-refractivity contribution >= 4 is 17.7 Å². The number of halogens is 1. The van der Waals surface area contributed by atoms with Crippen LogP contribution in [-0.2, 0) is 5.75 Å². The van der Waals surface area contributed by atoms with E-state index in [4.69, 9.17) is 9.52 Å². The Morgan fingerprint density at radius 1 is 1.41 bits per heavy atom. The van der Waals surface area contributed by atoms with Gasteiger partial charge >= 0.3 is 5.97 Å². The van der Waals surface area contributed by atoms with E-state index in [0.29, 0.717) is 10.6 Å². The highest BCUT2D eigenvalue weighted by Crippen LogP contribution is 2.25. The van der Waals surface area contributed by atoms with Gasteiger partial charge < -0.3 is 9.52 Å². The Hall–Kier alpha value is -1.75. The number of furan rings is 1. The van der Waals surface area contributed by atoms with Gasteiger partial charge in [0.25, 0.3) is 0 Å². The van der Waals surface area contributed by atoms with Crippen molar-refractivity contribution in [3.05, 3.63) is 53.7 Å². The minimum atomic E-state index is -1.26. The summed E-state index contributed by atoms with van der Waals surface area (Å²) in [5, 5.41) is 8.77. The van der Waals surface area contributed by atoms with Crippen molar-refractivity contribution in [1.29, 1.82) is 0 Å². The van der Waals surface area contributed by atoms with Crippen LogP contribution in [0, 0.1) is 5.82 Å². The molecule has 5 heteroatoms. The van der Waals surface area contributed by atoms with Gasteiger partial charge in [-0.3, -0.25) is 0 Å². The Balaban J connectivity index is 2.11. The van der Waals surface area contributed by atoms with Crippen LogP contribution in [0.1, 0.15) is 16.1 Å². The molecule has 0 atom stereocenters. The number of aromatic carboxylic acids is 1. The van der Waals surface area contributed by atoms with Crippen LogP contribution in [0.5, 0.6) is 0 Å². The average molecular weight is 252 g/mol. The largest absolute Gasteiger partial charge is 0.478 e. The summed E-state index contributed by atoms with van der Waals surface area (Å²) >= 11 is 1.39. The van der Waals surface area contributed by atoms with Crippen LogP contribution in [0.2, 0.25) is 0 Å². The number of rotatable bonds is 4. The van der Waals surface area contributed by atoms with Gasteiger partial charge in [-0.05, 0) is 30.3 Å². The van der Waals surface area contributed by atoms with Crippen LogP contribution in [0.4, 0.5) is 4.39 Å². The van der Waals surface area contributed by atoms with E-state index in [2.05, 4.69) is 0 Å². The fourth-order valence-corrected chi connectivity index (χ4v) is 2.15. The first-order valence-electron chi connectivity index (χ1n) is 4.85. The second-order valence-electron chi connectivity index (χ2n) is 3.31. The third-order valence-electron chi connectivity index (χ3n) is 2.13. The molecular weight excluding hydrogens is 243 g/mol. The second kappa shape index (κ2) is 5.05. The molecule has 3 nitrogen and oxygen atoms in total. The average Bonchev–Trinajstić information content (AvgIpc) is 2.80. The SMILES string of the molecule is O=C(O)c1cc(SCc2ccco2)ccc1F. The summed E-state index contributed by atoms with van der Waals surface area (Å²) in [6.07, 6.45) is 1.57. The molecule has 1 heterocycles. The molecule has 0 aliphatic rings. The fraction of sp³-hybridized carbons (Fsp3) is 0.0833. The van der Waals surface area contributed by atoms with Gasteiger partial charge in [0.1, 0.15) is 11.6 Å². The standard InChI is InChI=1S/C12H9FO3S/c13-11-4-3-9(6-10(11)12(14)15)17-7-8-2-1-5-16-8/h1-6H,7H2,(H,14,15). The topological polar surface area (TPSA) is 50.4 Å². The monoisotopic (exact) mass is 252 g/mol. The zero-order chi connectivity index (χ0) is 12.3. The van der Waals surface area contributed by atoms with Gasteiger partial charge in [-0.25, -0.2) is 9.18 Å². The molecule has 0 aliphatic carbocycles. The second-order valence-corrected chi connectivity index (χ2v) is 4.36. The molecule has 0 spiro atoms. The van der Waals surface area contributed by atoms with Crippen molar-refractivity contribution in [2.75, 3.05) is 0 Å². The van der Waals surface area contributed by atoms with E-state index in [9.17, 15) is 9.18 Å². The molecule has 0 saturated carbocycles. The highest BCUT2D eigenvalue weighted by atomic mass is 32.2. The molecule has 17 heavy (non-hydrogen) atoms. The van der Waals surface area contributed by atoms with E-state index < -0.39 is 11.8 Å². The molecule has 2 aromatic rings. The van der Waals surface area contributed by atoms with Crippen LogP contribution in [-0.4, -0.2) is 11.1 Å². The zero-order valence-electron chi connectivity index (χ0n) is 8.72. The highest BCUT2D eigenvalue weighted by Gasteiger charge is 2.11. The van der Waals surface area contributed by atoms with Crippen molar-refractivity contribution < 1.29 is 18.7 Å². The minimum absolute atomic E-state index is 0.311. The van der Waals surface area contributed by atoms with Crippen molar-refractivity contribution in [2.24, 2.45) is 0 Å². The Bertz CT molecular complexity index is 523. The molecule has 88 valence electrons. The molecule has 0 amide bonds. The van der Waals surface area contributed by atoms with Crippen LogP contribution >= 0.6 is 11.8 Å². The van der Waals surface area contributed by atoms with E-state index in [0.717, 1.165) is 11.8 Å². The number of hydrogen-bond acceptors (Lipinski definition) is 3. The summed E-state index contributed by atoms with van der Waals surface area (Å²) in [4.78, 5) is 11.4. The predicted molar refractivity (Wildman–Crippen MR) is 61.6 cm³/mol. The van der Waals surface area contributed by atoms with Crippen molar-refractivity contribution in [2.45, 2.75) is 10.6 Å². The molecule has 0 fully saturated rings. The quantitative estimate of drug-likeness (QED) is 0.847. The molecule has 0 unspecified atom stereocenters. The van der Waals surface area contributed by atoms with Crippen LogP contribution < -0.4 is 0 Å². The summed E-state index contributed by atoms with van der Waals surface area (Å²) < 4.78 is 18.3. The number of carboxylic acids is 1. The van der Waals surface area contributed by atoms with Crippen LogP contribution in [0.15, 0.2) is 45.9 Å². The first-order valence-corrected chi connectivity index (χ1v) is 5.83. The molecule has 0 aliphatic heterocycles. The van der Waals surface area contributed by atoms with Gasteiger partial charge in [-0.15, -0.1) is 11.8 Å². The number of benzene rings is 1. The number of carbonyl (C=O) groups is 1. The van der Waals surface area contributed by atoms with Crippen molar-refractivity contribution in [3.63, 3.8) is 0 Å². The summed E-state index contributed by atoms with van der Waals surface area (Å²) in [6, 6.07) is 7.65. The summed E-state index contributed by atoms with van der Waals surface area (Å²) in [6.45, 7) is 0. The molecule has 0 saturated heterocycles. The molecule has 0 radical (unpaired) electrons. The fourth-order valence-electron chi connectivity index (χ4n) is 1.31. The lowest BCUT2D eigenvalue weighted by atomic mass is 10.2. The summed E-state index contributed by atoms with van der Waals surface area (Å²) in [5.41, 5.74) is -0.311. The van der Waals surface area contributed by atoms with E-state index in [-0.39, 0.29) is 5.56 Å². The van der Waals surface area contributed by atoms with E-state index in [1.165, 1.54) is 17.8 Å².